The number of carbonyl (C=O) groups excluding carboxylic acids is 2. The van der Waals surface area contributed by atoms with Gasteiger partial charge in [0.15, 0.2) is 0 Å². The lowest BCUT2D eigenvalue weighted by molar-refractivity contribution is -0.122. The normalized spacial score (nSPS) is 11.6. The van der Waals surface area contributed by atoms with E-state index >= 15 is 0 Å². The second-order valence-corrected chi connectivity index (χ2v) is 7.08. The first-order valence-corrected chi connectivity index (χ1v) is 9.23. The number of amides is 2. The van der Waals surface area contributed by atoms with Crippen LogP contribution < -0.4 is 15.5 Å². The average molecular weight is 359 g/mol. The molecule has 0 aliphatic rings. The third kappa shape index (κ3) is 5.90. The molecule has 0 saturated heterocycles. The van der Waals surface area contributed by atoms with E-state index in [-0.39, 0.29) is 11.8 Å². The number of anilines is 1. The van der Waals surface area contributed by atoms with Gasteiger partial charge >= 0.3 is 0 Å². The average Bonchev–Trinajstić information content (AvgIpc) is 3.13. The Hall–Kier alpha value is -2.34. The molecule has 1 heterocycles. The highest BCUT2D eigenvalue weighted by Crippen LogP contribution is 2.13. The fourth-order valence-electron chi connectivity index (χ4n) is 2.36. The topological polar surface area (TPSA) is 61.4 Å². The third-order valence-electron chi connectivity index (χ3n) is 3.88. The summed E-state index contributed by atoms with van der Waals surface area (Å²) < 4.78 is 0. The summed E-state index contributed by atoms with van der Waals surface area (Å²) in [6.07, 6.45) is 1.77. The van der Waals surface area contributed by atoms with Gasteiger partial charge in [0.1, 0.15) is 6.04 Å². The molecule has 2 amide bonds. The van der Waals surface area contributed by atoms with Crippen LogP contribution in [0, 0.1) is 0 Å². The Morgan fingerprint density at radius 3 is 2.48 bits per heavy atom. The number of carbonyl (C=O) groups is 2. The number of hydrogen-bond donors (Lipinski definition) is 2. The Bertz CT molecular complexity index is 681. The summed E-state index contributed by atoms with van der Waals surface area (Å²) in [5.41, 5.74) is 2.42. The number of nitrogens with zero attached hydrogens (tertiary/aromatic N) is 1. The van der Waals surface area contributed by atoms with Crippen LogP contribution in [0.3, 0.4) is 0 Å². The molecule has 1 aromatic heterocycles. The molecule has 0 aliphatic heterocycles. The lowest BCUT2D eigenvalue weighted by atomic mass is 10.1. The molecule has 0 bridgehead atoms. The predicted octanol–water partition coefficient (Wildman–Crippen LogP) is 2.68. The smallest absolute Gasteiger partial charge is 0.261 e. The summed E-state index contributed by atoms with van der Waals surface area (Å²) in [4.78, 5) is 26.7. The first-order valence-electron chi connectivity index (χ1n) is 8.35. The van der Waals surface area contributed by atoms with Crippen LogP contribution in [0.5, 0.6) is 0 Å². The van der Waals surface area contributed by atoms with Crippen LogP contribution in [0.1, 0.15) is 28.6 Å². The van der Waals surface area contributed by atoms with Crippen LogP contribution in [-0.2, 0) is 11.2 Å². The van der Waals surface area contributed by atoms with Crippen LogP contribution in [0.2, 0.25) is 0 Å². The molecule has 25 heavy (non-hydrogen) atoms. The summed E-state index contributed by atoms with van der Waals surface area (Å²) in [6.45, 7) is 2.29. The van der Waals surface area contributed by atoms with E-state index in [1.54, 1.807) is 13.0 Å². The third-order valence-corrected chi connectivity index (χ3v) is 4.75. The monoisotopic (exact) mass is 359 g/mol. The van der Waals surface area contributed by atoms with Crippen LogP contribution in [0.25, 0.3) is 0 Å². The van der Waals surface area contributed by atoms with Crippen LogP contribution >= 0.6 is 11.3 Å². The van der Waals surface area contributed by atoms with E-state index in [4.69, 9.17) is 0 Å². The molecule has 2 rings (SSSR count). The second kappa shape index (κ2) is 9.22. The van der Waals surface area contributed by atoms with Crippen LogP contribution in [-0.4, -0.2) is 38.5 Å². The van der Waals surface area contributed by atoms with Gasteiger partial charge in [-0.2, -0.15) is 0 Å². The van der Waals surface area contributed by atoms with Crippen molar-refractivity contribution in [3.05, 3.63) is 52.2 Å². The SMILES string of the molecule is CC(NC(=O)c1cccs1)C(=O)NCCCc1ccc(N(C)C)cc1. The molecule has 5 nitrogen and oxygen atoms in total. The molecule has 0 spiro atoms. The predicted molar refractivity (Wildman–Crippen MR) is 103 cm³/mol. The van der Waals surface area contributed by atoms with Gasteiger partial charge in [0.25, 0.3) is 5.91 Å². The van der Waals surface area contributed by atoms with Crippen molar-refractivity contribution in [1.29, 1.82) is 0 Å². The van der Waals surface area contributed by atoms with E-state index in [0.717, 1.165) is 12.8 Å². The molecule has 134 valence electrons. The molecule has 1 unspecified atom stereocenters. The molecule has 0 aliphatic carbocycles. The molecule has 0 saturated carbocycles. The molecule has 0 fully saturated rings. The molecule has 0 radical (unpaired) electrons. The summed E-state index contributed by atoms with van der Waals surface area (Å²) in [6, 6.07) is 11.4. The molecule has 1 aromatic carbocycles. The minimum Gasteiger partial charge on any atom is -0.378 e. The Labute approximate surface area is 153 Å². The minimum absolute atomic E-state index is 0.159. The van der Waals surface area contributed by atoms with Crippen LogP contribution in [0.15, 0.2) is 41.8 Å². The lowest BCUT2D eigenvalue weighted by Gasteiger charge is -2.14. The molecule has 1 atom stereocenters. The van der Waals surface area contributed by atoms with Gasteiger partial charge in [0.2, 0.25) is 5.91 Å². The Kier molecular flexibility index (Phi) is 7.01. The highest BCUT2D eigenvalue weighted by Gasteiger charge is 2.16. The van der Waals surface area contributed by atoms with Gasteiger partial charge < -0.3 is 15.5 Å². The van der Waals surface area contributed by atoms with Gasteiger partial charge in [-0.05, 0) is 48.9 Å². The number of benzene rings is 1. The highest BCUT2D eigenvalue weighted by molar-refractivity contribution is 7.12. The fourth-order valence-corrected chi connectivity index (χ4v) is 2.99. The summed E-state index contributed by atoms with van der Waals surface area (Å²) in [5.74, 6) is -0.369. The zero-order valence-corrected chi connectivity index (χ0v) is 15.7. The van der Waals surface area contributed by atoms with Gasteiger partial charge in [-0.3, -0.25) is 9.59 Å². The van der Waals surface area contributed by atoms with Gasteiger partial charge in [0, 0.05) is 26.3 Å². The quantitative estimate of drug-likeness (QED) is 0.713. The summed E-state index contributed by atoms with van der Waals surface area (Å²) >= 11 is 1.36. The van der Waals surface area contributed by atoms with Crippen molar-refractivity contribution >= 4 is 28.8 Å². The molecular formula is C19H25N3O2S. The summed E-state index contributed by atoms with van der Waals surface area (Å²) in [7, 11) is 4.03. The van der Waals surface area contributed by atoms with Crippen molar-refractivity contribution in [2.75, 3.05) is 25.5 Å². The van der Waals surface area contributed by atoms with E-state index in [9.17, 15) is 9.59 Å². The maximum absolute atomic E-state index is 12.1. The summed E-state index contributed by atoms with van der Waals surface area (Å²) in [5, 5.41) is 7.42. The maximum Gasteiger partial charge on any atom is 0.261 e. The first kappa shape index (κ1) is 19.0. The largest absolute Gasteiger partial charge is 0.378 e. The molecule has 2 N–H and O–H groups in total. The number of aryl methyl sites for hydroxylation is 1. The van der Waals surface area contributed by atoms with Crippen LogP contribution in [0.4, 0.5) is 5.69 Å². The van der Waals surface area contributed by atoms with E-state index in [0.29, 0.717) is 11.4 Å². The number of rotatable bonds is 8. The van der Waals surface area contributed by atoms with Crippen molar-refractivity contribution in [1.82, 2.24) is 10.6 Å². The lowest BCUT2D eigenvalue weighted by Crippen LogP contribution is -2.44. The maximum atomic E-state index is 12.1. The van der Waals surface area contributed by atoms with Crippen molar-refractivity contribution < 1.29 is 9.59 Å². The van der Waals surface area contributed by atoms with Gasteiger partial charge in [-0.15, -0.1) is 11.3 Å². The van der Waals surface area contributed by atoms with Crippen molar-refractivity contribution in [2.45, 2.75) is 25.8 Å². The Balaban J connectivity index is 1.68. The highest BCUT2D eigenvalue weighted by atomic mass is 32.1. The zero-order valence-electron chi connectivity index (χ0n) is 14.9. The molecule has 2 aromatic rings. The number of nitrogens with one attached hydrogen (secondary N) is 2. The Morgan fingerprint density at radius 2 is 1.88 bits per heavy atom. The number of thiophene rings is 1. The van der Waals surface area contributed by atoms with Gasteiger partial charge in [-0.25, -0.2) is 0 Å². The van der Waals surface area contributed by atoms with E-state index in [2.05, 4.69) is 39.8 Å². The van der Waals surface area contributed by atoms with Gasteiger partial charge in [0.05, 0.1) is 4.88 Å². The van der Waals surface area contributed by atoms with E-state index in [1.807, 2.05) is 25.5 Å². The van der Waals surface area contributed by atoms with E-state index < -0.39 is 6.04 Å². The van der Waals surface area contributed by atoms with Crippen molar-refractivity contribution in [2.24, 2.45) is 0 Å². The molecular weight excluding hydrogens is 334 g/mol. The van der Waals surface area contributed by atoms with Gasteiger partial charge in [-0.1, -0.05) is 18.2 Å². The second-order valence-electron chi connectivity index (χ2n) is 6.13. The standard InChI is InChI=1S/C19H25N3O2S/c1-14(21-19(24)17-7-5-13-25-17)18(23)20-12-4-6-15-8-10-16(11-9-15)22(2)3/h5,7-11,13-14H,4,6,12H2,1-3H3,(H,20,23)(H,21,24). The fraction of sp³-hybridized carbons (Fsp3) is 0.368. The Morgan fingerprint density at radius 1 is 1.16 bits per heavy atom. The van der Waals surface area contributed by atoms with Crippen molar-refractivity contribution in [3.63, 3.8) is 0 Å². The minimum atomic E-state index is -0.547. The first-order chi connectivity index (χ1) is 12.0. The van der Waals surface area contributed by atoms with Crippen molar-refractivity contribution in [3.8, 4) is 0 Å². The molecule has 6 heteroatoms. The zero-order chi connectivity index (χ0) is 18.2. The van der Waals surface area contributed by atoms with E-state index in [1.165, 1.54) is 22.6 Å². The number of hydrogen-bond acceptors (Lipinski definition) is 4.